The van der Waals surface area contributed by atoms with E-state index in [1.807, 2.05) is 11.1 Å². The van der Waals surface area contributed by atoms with Gasteiger partial charge in [-0.1, -0.05) is 23.7 Å². The molecule has 1 aromatic heterocycles. The Morgan fingerprint density at radius 3 is 2.14 bits per heavy atom. The Balaban J connectivity index is 0.736. The number of nitrogens with zero attached hydrogens (tertiary/aromatic N) is 5. The van der Waals surface area contributed by atoms with Crippen LogP contribution in [0.2, 0.25) is 5.02 Å². The van der Waals surface area contributed by atoms with Gasteiger partial charge in [0.25, 0.3) is 11.8 Å². The zero-order valence-corrected chi connectivity index (χ0v) is 35.6. The Morgan fingerprint density at radius 1 is 0.766 bits per heavy atom. The van der Waals surface area contributed by atoms with Gasteiger partial charge in [0.15, 0.2) is 11.6 Å². The van der Waals surface area contributed by atoms with Gasteiger partial charge in [0.05, 0.1) is 22.6 Å². The lowest BCUT2D eigenvalue weighted by Crippen LogP contribution is -2.48. The van der Waals surface area contributed by atoms with E-state index in [1.165, 1.54) is 6.07 Å². The average molecular weight is 892 g/mol. The number of piperidine rings is 2. The van der Waals surface area contributed by atoms with E-state index < -0.39 is 23.6 Å². The molecule has 4 heterocycles. The van der Waals surface area contributed by atoms with Gasteiger partial charge in [0.2, 0.25) is 17.8 Å². The number of imide groups is 1. The van der Waals surface area contributed by atoms with Crippen LogP contribution in [-0.2, 0) is 9.59 Å². The van der Waals surface area contributed by atoms with Crippen LogP contribution in [0.25, 0.3) is 0 Å². The first-order valence-corrected chi connectivity index (χ1v) is 21.7. The van der Waals surface area contributed by atoms with Gasteiger partial charge in [-0.3, -0.25) is 34.8 Å². The first-order chi connectivity index (χ1) is 31.0. The van der Waals surface area contributed by atoms with Gasteiger partial charge in [-0.25, -0.2) is 18.8 Å². The highest BCUT2D eigenvalue weighted by Gasteiger charge is 2.28. The molecule has 1 atom stereocenters. The van der Waals surface area contributed by atoms with Crippen molar-refractivity contribution in [3.63, 3.8) is 0 Å². The third-order valence-electron chi connectivity index (χ3n) is 11.7. The maximum Gasteiger partial charge on any atom is 0.265 e. The van der Waals surface area contributed by atoms with E-state index in [4.69, 9.17) is 11.6 Å². The number of amides is 4. The monoisotopic (exact) mass is 891 g/mol. The van der Waals surface area contributed by atoms with Crippen molar-refractivity contribution in [2.75, 3.05) is 72.0 Å². The van der Waals surface area contributed by atoms with Crippen molar-refractivity contribution in [1.82, 2.24) is 30.6 Å². The van der Waals surface area contributed by atoms with Crippen molar-refractivity contribution in [2.45, 2.75) is 38.1 Å². The van der Waals surface area contributed by atoms with Crippen molar-refractivity contribution < 1.29 is 28.0 Å². The summed E-state index contributed by atoms with van der Waals surface area (Å²) in [5.74, 6) is -1.75. The summed E-state index contributed by atoms with van der Waals surface area (Å²) in [6, 6.07) is 24.6. The number of carbonyl (C=O) groups excluding carboxylic acids is 4. The molecule has 5 aromatic rings. The van der Waals surface area contributed by atoms with Crippen LogP contribution in [0.5, 0.6) is 0 Å². The van der Waals surface area contributed by atoms with Crippen molar-refractivity contribution in [3.8, 4) is 0 Å². The largest absolute Gasteiger partial charge is 0.371 e. The van der Waals surface area contributed by atoms with E-state index in [0.717, 1.165) is 77.0 Å². The number of halogens is 3. The van der Waals surface area contributed by atoms with E-state index >= 15 is 4.39 Å². The molecule has 0 aliphatic carbocycles. The summed E-state index contributed by atoms with van der Waals surface area (Å²) < 4.78 is 29.7. The van der Waals surface area contributed by atoms with E-state index in [2.05, 4.69) is 51.8 Å². The Bertz CT molecular complexity index is 2480. The van der Waals surface area contributed by atoms with E-state index in [0.29, 0.717) is 45.6 Å². The van der Waals surface area contributed by atoms with Crippen LogP contribution in [0.4, 0.5) is 49.0 Å². The fourth-order valence-corrected chi connectivity index (χ4v) is 8.10. The maximum atomic E-state index is 15.0. The molecular formula is C46H48ClF2N11O4. The van der Waals surface area contributed by atoms with Gasteiger partial charge in [-0.2, -0.15) is 4.98 Å². The zero-order valence-electron chi connectivity index (χ0n) is 34.9. The van der Waals surface area contributed by atoms with E-state index in [9.17, 15) is 23.6 Å². The van der Waals surface area contributed by atoms with Gasteiger partial charge >= 0.3 is 0 Å². The number of hydrogen-bond acceptors (Lipinski definition) is 12. The van der Waals surface area contributed by atoms with Crippen molar-refractivity contribution in [2.24, 2.45) is 5.92 Å². The normalized spacial score (nSPS) is 17.4. The quantitative estimate of drug-likeness (QED) is 0.0636. The summed E-state index contributed by atoms with van der Waals surface area (Å²) in [4.78, 5) is 62.3. The van der Waals surface area contributed by atoms with Gasteiger partial charge in [0.1, 0.15) is 11.9 Å². The van der Waals surface area contributed by atoms with Crippen LogP contribution in [0.15, 0.2) is 97.2 Å². The number of aromatic nitrogens is 2. The standard InChI is InChI=1S/C46H48ClF2N11O4/c47-35-3-1-2-4-38(35)54-43(62)30-5-9-32(10-6-30)51-42-37(49)28-50-46(56-42)52-33-11-7-31(8-12-33)44(63)57-60-21-18-29(19-22-60)17-20-58-23-25-59(26-24-58)34-13-14-39(36(48)27-34)53-40-15-16-41(61)55-45(40)64/h1-14,27-29,40,53H,15-26H2,(H,54,62)(H,57,63)(H,55,61,64)(H2,50,51,52,56)/t40-/m1/s1. The molecule has 64 heavy (non-hydrogen) atoms. The average Bonchev–Trinajstić information content (AvgIpc) is 3.30. The fraction of sp³-hybridized carbons (Fsp3) is 0.304. The zero-order chi connectivity index (χ0) is 44.6. The van der Waals surface area contributed by atoms with Gasteiger partial charge < -0.3 is 26.2 Å². The molecule has 3 saturated heterocycles. The first-order valence-electron chi connectivity index (χ1n) is 21.3. The number of rotatable bonds is 14. The smallest absolute Gasteiger partial charge is 0.265 e. The highest BCUT2D eigenvalue weighted by Crippen LogP contribution is 2.27. The Labute approximate surface area is 373 Å². The summed E-state index contributed by atoms with van der Waals surface area (Å²) >= 11 is 6.15. The summed E-state index contributed by atoms with van der Waals surface area (Å²) in [7, 11) is 0. The van der Waals surface area contributed by atoms with Crippen LogP contribution in [-0.4, -0.2) is 95.4 Å². The van der Waals surface area contributed by atoms with Crippen LogP contribution in [0, 0.1) is 17.6 Å². The van der Waals surface area contributed by atoms with Crippen molar-refractivity contribution in [1.29, 1.82) is 0 Å². The van der Waals surface area contributed by atoms with E-state index in [1.54, 1.807) is 78.9 Å². The minimum atomic E-state index is -0.666. The number of hydrazine groups is 1. The summed E-state index contributed by atoms with van der Waals surface area (Å²) in [5, 5.41) is 16.4. The molecule has 0 unspecified atom stereocenters. The fourth-order valence-electron chi connectivity index (χ4n) is 7.92. The number of anilines is 7. The summed E-state index contributed by atoms with van der Waals surface area (Å²) in [6.07, 6.45) is 4.63. The van der Waals surface area contributed by atoms with Crippen LogP contribution < -0.4 is 36.9 Å². The molecule has 0 saturated carbocycles. The second kappa shape index (κ2) is 20.2. The molecular weight excluding hydrogens is 844 g/mol. The van der Waals surface area contributed by atoms with Crippen LogP contribution >= 0.6 is 11.6 Å². The molecule has 0 radical (unpaired) electrons. The first kappa shape index (κ1) is 43.9. The number of carbonyl (C=O) groups is 4. The second-order valence-electron chi connectivity index (χ2n) is 16.0. The number of hydrogen-bond donors (Lipinski definition) is 6. The molecule has 15 nitrogen and oxygen atoms in total. The number of piperazine rings is 1. The molecule has 3 aliphatic rings. The lowest BCUT2D eigenvalue weighted by Gasteiger charge is -2.37. The third-order valence-corrected chi connectivity index (χ3v) is 12.0. The van der Waals surface area contributed by atoms with E-state index in [-0.39, 0.29) is 41.6 Å². The summed E-state index contributed by atoms with van der Waals surface area (Å²) in [6.45, 7) is 5.82. The number of benzene rings is 4. The Hall–Kier alpha value is -6.69. The number of para-hydroxylation sites is 1. The lowest BCUT2D eigenvalue weighted by atomic mass is 9.94. The maximum absolute atomic E-state index is 15.0. The second-order valence-corrected chi connectivity index (χ2v) is 16.4. The molecule has 8 rings (SSSR count). The Morgan fingerprint density at radius 2 is 1.45 bits per heavy atom. The van der Waals surface area contributed by atoms with Crippen LogP contribution in [0.1, 0.15) is 52.8 Å². The predicted octanol–water partition coefficient (Wildman–Crippen LogP) is 6.93. The third kappa shape index (κ3) is 11.3. The molecule has 0 bridgehead atoms. The molecule has 0 spiro atoms. The minimum Gasteiger partial charge on any atom is -0.371 e. The van der Waals surface area contributed by atoms with Gasteiger partial charge in [-0.15, -0.1) is 0 Å². The lowest BCUT2D eigenvalue weighted by molar-refractivity contribution is -0.133. The highest BCUT2D eigenvalue weighted by molar-refractivity contribution is 6.33. The molecule has 6 N–H and O–H groups in total. The molecule has 3 aliphatic heterocycles. The Kier molecular flexibility index (Phi) is 13.9. The van der Waals surface area contributed by atoms with Crippen molar-refractivity contribution >= 4 is 75.4 Å². The SMILES string of the molecule is O=C1CC[C@@H](Nc2ccc(N3CCN(CCC4CCN(NC(=O)c5ccc(Nc6ncc(F)c(Nc7ccc(C(=O)Nc8ccccc8Cl)cc7)n6)cc5)CC4)CC3)cc2F)C(=O)N1. The number of nitrogens with one attached hydrogen (secondary N) is 6. The summed E-state index contributed by atoms with van der Waals surface area (Å²) in [5.41, 5.74) is 6.57. The molecule has 332 valence electrons. The molecule has 4 aromatic carbocycles. The molecule has 18 heteroatoms. The predicted molar refractivity (Wildman–Crippen MR) is 242 cm³/mol. The molecule has 3 fully saturated rings. The van der Waals surface area contributed by atoms with Gasteiger partial charge in [0, 0.05) is 73.9 Å². The topological polar surface area (TPSA) is 176 Å². The van der Waals surface area contributed by atoms with Crippen molar-refractivity contribution in [3.05, 3.63) is 125 Å². The van der Waals surface area contributed by atoms with Crippen LogP contribution in [0.3, 0.4) is 0 Å². The molecule has 4 amide bonds. The minimum absolute atomic E-state index is 0.0636. The highest BCUT2D eigenvalue weighted by atomic mass is 35.5. The van der Waals surface area contributed by atoms with Gasteiger partial charge in [-0.05, 0) is 117 Å².